The van der Waals surface area contributed by atoms with Crippen LogP contribution in [0.3, 0.4) is 0 Å². The molecule has 0 saturated carbocycles. The van der Waals surface area contributed by atoms with Crippen molar-refractivity contribution in [2.75, 3.05) is 0 Å². The monoisotopic (exact) mass is 244 g/mol. The van der Waals surface area contributed by atoms with Gasteiger partial charge in [0.2, 0.25) is 0 Å². The molecule has 0 atom stereocenters. The minimum absolute atomic E-state index is 0.205. The largest absolute Gasteiger partial charge is 0.478 e. The van der Waals surface area contributed by atoms with Gasteiger partial charge in [0.25, 0.3) is 0 Å². The Labute approximate surface area is 106 Å². The van der Waals surface area contributed by atoms with Crippen molar-refractivity contribution in [1.29, 1.82) is 0 Å². The van der Waals surface area contributed by atoms with Gasteiger partial charge in [0, 0.05) is 5.56 Å². The predicted octanol–water partition coefficient (Wildman–Crippen LogP) is 3.12. The number of aromatic amines is 1. The Balaban J connectivity index is 2.23. The molecule has 0 aliphatic rings. The first kappa shape index (κ1) is 12.4. The summed E-state index contributed by atoms with van der Waals surface area (Å²) in [5.74, 6) is -0.964. The second-order valence-corrected chi connectivity index (χ2v) is 4.26. The number of rotatable bonds is 5. The fourth-order valence-electron chi connectivity index (χ4n) is 1.89. The lowest BCUT2D eigenvalue weighted by atomic mass is 10.0. The summed E-state index contributed by atoms with van der Waals surface area (Å²) in [4.78, 5) is 11.0. The third kappa shape index (κ3) is 2.59. The van der Waals surface area contributed by atoms with Crippen molar-refractivity contribution in [3.8, 4) is 11.3 Å². The Bertz CT molecular complexity index is 529. The number of benzene rings is 1. The van der Waals surface area contributed by atoms with E-state index in [1.54, 1.807) is 0 Å². The van der Waals surface area contributed by atoms with Gasteiger partial charge in [0.15, 0.2) is 0 Å². The van der Waals surface area contributed by atoms with E-state index in [-0.39, 0.29) is 5.56 Å². The molecular weight excluding hydrogens is 228 g/mol. The minimum Gasteiger partial charge on any atom is -0.478 e. The first-order valence-corrected chi connectivity index (χ1v) is 6.08. The van der Waals surface area contributed by atoms with Crippen LogP contribution in [0.1, 0.15) is 35.7 Å². The maximum atomic E-state index is 11.0. The van der Waals surface area contributed by atoms with E-state index < -0.39 is 5.97 Å². The zero-order chi connectivity index (χ0) is 13.0. The van der Waals surface area contributed by atoms with Crippen LogP contribution in [0.15, 0.2) is 30.5 Å². The van der Waals surface area contributed by atoms with Gasteiger partial charge in [0.05, 0.1) is 11.9 Å². The van der Waals surface area contributed by atoms with E-state index in [4.69, 9.17) is 5.11 Å². The molecule has 0 aliphatic carbocycles. The lowest BCUT2D eigenvalue weighted by Gasteiger charge is -2.03. The van der Waals surface area contributed by atoms with Gasteiger partial charge in [0.1, 0.15) is 5.56 Å². The number of aromatic carboxylic acids is 1. The Hall–Kier alpha value is -2.10. The van der Waals surface area contributed by atoms with E-state index in [0.717, 1.165) is 12.0 Å². The average Bonchev–Trinajstić information content (AvgIpc) is 2.86. The van der Waals surface area contributed by atoms with E-state index in [9.17, 15) is 4.79 Å². The smallest absolute Gasteiger partial charge is 0.339 e. The molecule has 4 nitrogen and oxygen atoms in total. The van der Waals surface area contributed by atoms with Crippen molar-refractivity contribution in [2.24, 2.45) is 0 Å². The van der Waals surface area contributed by atoms with Gasteiger partial charge in [-0.05, 0) is 18.4 Å². The quantitative estimate of drug-likeness (QED) is 0.849. The van der Waals surface area contributed by atoms with E-state index in [1.807, 2.05) is 24.3 Å². The number of nitrogens with zero attached hydrogens (tertiary/aromatic N) is 1. The van der Waals surface area contributed by atoms with E-state index in [2.05, 4.69) is 17.1 Å². The van der Waals surface area contributed by atoms with Crippen LogP contribution in [0.5, 0.6) is 0 Å². The molecule has 94 valence electrons. The first-order chi connectivity index (χ1) is 8.72. The van der Waals surface area contributed by atoms with Crippen molar-refractivity contribution in [3.05, 3.63) is 41.6 Å². The second kappa shape index (κ2) is 5.49. The topological polar surface area (TPSA) is 66.0 Å². The van der Waals surface area contributed by atoms with Crippen molar-refractivity contribution in [2.45, 2.75) is 26.2 Å². The van der Waals surface area contributed by atoms with Crippen LogP contribution in [-0.4, -0.2) is 21.3 Å². The third-order valence-electron chi connectivity index (χ3n) is 2.93. The van der Waals surface area contributed by atoms with Gasteiger partial charge in [-0.1, -0.05) is 37.6 Å². The lowest BCUT2D eigenvalue weighted by Crippen LogP contribution is -1.96. The molecule has 2 rings (SSSR count). The number of hydrogen-bond donors (Lipinski definition) is 2. The third-order valence-corrected chi connectivity index (χ3v) is 2.93. The summed E-state index contributed by atoms with van der Waals surface area (Å²) in [6.45, 7) is 2.16. The zero-order valence-electron chi connectivity index (χ0n) is 10.3. The number of nitrogens with one attached hydrogen (secondary N) is 1. The molecule has 0 spiro atoms. The second-order valence-electron chi connectivity index (χ2n) is 4.26. The van der Waals surface area contributed by atoms with Crippen LogP contribution >= 0.6 is 0 Å². The van der Waals surface area contributed by atoms with E-state index in [0.29, 0.717) is 5.69 Å². The molecule has 1 aromatic heterocycles. The summed E-state index contributed by atoms with van der Waals surface area (Å²) in [5.41, 5.74) is 2.89. The van der Waals surface area contributed by atoms with Gasteiger partial charge in [-0.3, -0.25) is 5.10 Å². The molecule has 4 heteroatoms. The molecule has 0 amide bonds. The number of carbonyl (C=O) groups is 1. The summed E-state index contributed by atoms with van der Waals surface area (Å²) in [6, 6.07) is 7.95. The Morgan fingerprint density at radius 1 is 1.33 bits per heavy atom. The van der Waals surface area contributed by atoms with Crippen LogP contribution < -0.4 is 0 Å². The van der Waals surface area contributed by atoms with Crippen molar-refractivity contribution in [1.82, 2.24) is 10.2 Å². The highest BCUT2D eigenvalue weighted by molar-refractivity contribution is 5.94. The van der Waals surface area contributed by atoms with E-state index >= 15 is 0 Å². The number of aromatic nitrogens is 2. The maximum absolute atomic E-state index is 11.0. The van der Waals surface area contributed by atoms with Crippen LogP contribution in [0.4, 0.5) is 0 Å². The fourth-order valence-corrected chi connectivity index (χ4v) is 1.89. The van der Waals surface area contributed by atoms with Gasteiger partial charge in [-0.2, -0.15) is 5.10 Å². The lowest BCUT2D eigenvalue weighted by molar-refractivity contribution is 0.0698. The predicted molar refractivity (Wildman–Crippen MR) is 69.6 cm³/mol. The minimum atomic E-state index is -0.964. The van der Waals surface area contributed by atoms with Crippen molar-refractivity contribution >= 4 is 5.97 Å². The van der Waals surface area contributed by atoms with Gasteiger partial charge < -0.3 is 5.11 Å². The molecule has 0 bridgehead atoms. The highest BCUT2D eigenvalue weighted by Crippen LogP contribution is 2.21. The molecule has 2 N–H and O–H groups in total. The average molecular weight is 244 g/mol. The molecular formula is C14H16N2O2. The normalized spacial score (nSPS) is 10.5. The van der Waals surface area contributed by atoms with Gasteiger partial charge in [-0.25, -0.2) is 4.79 Å². The number of carboxylic acids is 1. The SMILES string of the molecule is CCCCc1ccc(-c2[nH]ncc2C(=O)O)cc1. The molecule has 0 fully saturated rings. The number of H-pyrrole nitrogens is 1. The Kier molecular flexibility index (Phi) is 3.77. The van der Waals surface area contributed by atoms with Gasteiger partial charge >= 0.3 is 5.97 Å². The number of hydrogen-bond acceptors (Lipinski definition) is 2. The van der Waals surface area contributed by atoms with Crippen LogP contribution in [0.2, 0.25) is 0 Å². The number of aryl methyl sites for hydroxylation is 1. The molecule has 1 heterocycles. The summed E-state index contributed by atoms with van der Waals surface area (Å²) < 4.78 is 0. The first-order valence-electron chi connectivity index (χ1n) is 6.08. The standard InChI is InChI=1S/C14H16N2O2/c1-2-3-4-10-5-7-11(8-6-10)13-12(14(17)18)9-15-16-13/h5-9H,2-4H2,1H3,(H,15,16)(H,17,18). The molecule has 0 radical (unpaired) electrons. The molecule has 2 aromatic rings. The number of unbranched alkanes of at least 4 members (excludes halogenated alkanes) is 1. The highest BCUT2D eigenvalue weighted by Gasteiger charge is 2.13. The molecule has 18 heavy (non-hydrogen) atoms. The fraction of sp³-hybridized carbons (Fsp3) is 0.286. The summed E-state index contributed by atoms with van der Waals surface area (Å²) >= 11 is 0. The summed E-state index contributed by atoms with van der Waals surface area (Å²) in [6.07, 6.45) is 4.74. The van der Waals surface area contributed by atoms with Crippen molar-refractivity contribution < 1.29 is 9.90 Å². The summed E-state index contributed by atoms with van der Waals surface area (Å²) in [7, 11) is 0. The molecule has 0 aliphatic heterocycles. The molecule has 0 saturated heterocycles. The highest BCUT2D eigenvalue weighted by atomic mass is 16.4. The summed E-state index contributed by atoms with van der Waals surface area (Å²) in [5, 5.41) is 15.5. The van der Waals surface area contributed by atoms with Gasteiger partial charge in [-0.15, -0.1) is 0 Å². The Morgan fingerprint density at radius 2 is 2.06 bits per heavy atom. The van der Waals surface area contributed by atoms with Crippen LogP contribution in [0.25, 0.3) is 11.3 Å². The number of carboxylic acid groups (broad SMARTS) is 1. The van der Waals surface area contributed by atoms with Crippen molar-refractivity contribution in [3.63, 3.8) is 0 Å². The van der Waals surface area contributed by atoms with Crippen LogP contribution in [-0.2, 0) is 6.42 Å². The zero-order valence-corrected chi connectivity index (χ0v) is 10.3. The van der Waals surface area contributed by atoms with E-state index in [1.165, 1.54) is 24.6 Å². The molecule has 0 unspecified atom stereocenters. The Morgan fingerprint density at radius 3 is 2.67 bits per heavy atom. The molecule has 1 aromatic carbocycles. The maximum Gasteiger partial charge on any atom is 0.339 e. The van der Waals surface area contributed by atoms with Crippen LogP contribution in [0, 0.1) is 0 Å².